The van der Waals surface area contributed by atoms with Gasteiger partial charge in [-0.15, -0.1) is 11.8 Å². The van der Waals surface area contributed by atoms with Crippen molar-refractivity contribution in [2.45, 2.75) is 49.2 Å². The molecule has 0 saturated carbocycles. The van der Waals surface area contributed by atoms with E-state index in [1.54, 1.807) is 4.91 Å². The first-order valence-corrected chi connectivity index (χ1v) is 8.56. The van der Waals surface area contributed by atoms with Gasteiger partial charge in [0.1, 0.15) is 0 Å². The summed E-state index contributed by atoms with van der Waals surface area (Å²) in [7, 11) is 0. The summed E-state index contributed by atoms with van der Waals surface area (Å²) in [4.78, 5) is 2.76. The molecule has 88 valence electrons. The van der Waals surface area contributed by atoms with Crippen LogP contribution in [0.15, 0.2) is 11.0 Å². The number of halogens is 2. The Labute approximate surface area is 115 Å². The molecule has 3 heteroatoms. The molecule has 1 aliphatic rings. The number of hydrogen-bond acceptors (Lipinski definition) is 1. The van der Waals surface area contributed by atoms with Gasteiger partial charge in [-0.05, 0) is 30.1 Å². The average Bonchev–Trinajstić information content (AvgIpc) is 2.70. The largest absolute Gasteiger partial charge is 0.129 e. The highest BCUT2D eigenvalue weighted by Gasteiger charge is 2.19. The van der Waals surface area contributed by atoms with Crippen LogP contribution in [0, 0.1) is 5.92 Å². The minimum absolute atomic E-state index is 0.568. The maximum Gasteiger partial charge on any atom is 0.0462 e. The predicted octanol–water partition coefficient (Wildman–Crippen LogP) is 5.36. The zero-order valence-corrected chi connectivity index (χ0v) is 13.5. The van der Waals surface area contributed by atoms with Crippen LogP contribution in [0.1, 0.15) is 39.5 Å². The average molecular weight is 356 g/mol. The lowest BCUT2D eigenvalue weighted by Crippen LogP contribution is -2.11. The lowest BCUT2D eigenvalue weighted by molar-refractivity contribution is 0.500. The Morgan fingerprint density at radius 1 is 1.40 bits per heavy atom. The fraction of sp³-hybridized carbons (Fsp3) is 0.833. The molecular weight excluding hydrogens is 336 g/mol. The van der Waals surface area contributed by atoms with Gasteiger partial charge in [-0.1, -0.05) is 58.2 Å². The van der Waals surface area contributed by atoms with Gasteiger partial charge in [0.15, 0.2) is 0 Å². The van der Waals surface area contributed by atoms with Gasteiger partial charge in [-0.25, -0.2) is 0 Å². The molecule has 0 fully saturated rings. The SMILES string of the molecule is CCC(C)CC(Br)CC(Br)C1=CCCS1. The first-order chi connectivity index (χ1) is 7.13. The van der Waals surface area contributed by atoms with Crippen LogP contribution in [0.4, 0.5) is 0 Å². The summed E-state index contributed by atoms with van der Waals surface area (Å²) in [6.45, 7) is 4.60. The molecule has 0 aliphatic carbocycles. The number of thioether (sulfide) groups is 1. The monoisotopic (exact) mass is 354 g/mol. The van der Waals surface area contributed by atoms with Gasteiger partial charge < -0.3 is 0 Å². The zero-order chi connectivity index (χ0) is 11.3. The minimum atomic E-state index is 0.568. The van der Waals surface area contributed by atoms with E-state index in [0.29, 0.717) is 9.65 Å². The fourth-order valence-electron chi connectivity index (χ4n) is 1.70. The van der Waals surface area contributed by atoms with Crippen molar-refractivity contribution < 1.29 is 0 Å². The Hall–Kier alpha value is 1.05. The topological polar surface area (TPSA) is 0 Å². The van der Waals surface area contributed by atoms with Crippen LogP contribution in [0.2, 0.25) is 0 Å². The Bertz CT molecular complexity index is 216. The van der Waals surface area contributed by atoms with Gasteiger partial charge >= 0.3 is 0 Å². The van der Waals surface area contributed by atoms with E-state index < -0.39 is 0 Å². The quantitative estimate of drug-likeness (QED) is 0.578. The van der Waals surface area contributed by atoms with Crippen molar-refractivity contribution in [3.05, 3.63) is 11.0 Å². The molecule has 0 aromatic carbocycles. The van der Waals surface area contributed by atoms with Crippen molar-refractivity contribution in [1.29, 1.82) is 0 Å². The number of hydrogen-bond donors (Lipinski definition) is 0. The predicted molar refractivity (Wildman–Crippen MR) is 79.3 cm³/mol. The van der Waals surface area contributed by atoms with E-state index in [9.17, 15) is 0 Å². The van der Waals surface area contributed by atoms with Gasteiger partial charge in [0.05, 0.1) is 0 Å². The summed E-state index contributed by atoms with van der Waals surface area (Å²) in [6, 6.07) is 0. The van der Waals surface area contributed by atoms with Crippen LogP contribution in [0.5, 0.6) is 0 Å². The molecule has 0 radical (unpaired) electrons. The summed E-state index contributed by atoms with van der Waals surface area (Å²) < 4.78 is 0. The second-order valence-electron chi connectivity index (χ2n) is 4.29. The van der Waals surface area contributed by atoms with Gasteiger partial charge in [-0.2, -0.15) is 0 Å². The zero-order valence-electron chi connectivity index (χ0n) is 9.51. The smallest absolute Gasteiger partial charge is 0.0462 e. The maximum absolute atomic E-state index is 3.80. The van der Waals surface area contributed by atoms with Crippen molar-refractivity contribution >= 4 is 43.6 Å². The third-order valence-electron chi connectivity index (χ3n) is 2.86. The lowest BCUT2D eigenvalue weighted by atomic mass is 10.0. The van der Waals surface area contributed by atoms with Gasteiger partial charge in [0.2, 0.25) is 0 Å². The van der Waals surface area contributed by atoms with Crippen molar-refractivity contribution in [2.24, 2.45) is 5.92 Å². The van der Waals surface area contributed by atoms with Gasteiger partial charge in [-0.3, -0.25) is 0 Å². The second-order valence-corrected chi connectivity index (χ2v) is 7.86. The molecule has 3 unspecified atom stereocenters. The first kappa shape index (κ1) is 14.1. The fourth-order valence-corrected chi connectivity index (χ4v) is 5.23. The van der Waals surface area contributed by atoms with E-state index in [0.717, 1.165) is 5.92 Å². The van der Waals surface area contributed by atoms with E-state index in [-0.39, 0.29) is 0 Å². The molecule has 0 amide bonds. The molecule has 0 aromatic heterocycles. The summed E-state index contributed by atoms with van der Waals surface area (Å²) in [5, 5.41) is 0. The molecule has 15 heavy (non-hydrogen) atoms. The number of allylic oxidation sites excluding steroid dienone is 2. The van der Waals surface area contributed by atoms with Crippen molar-refractivity contribution in [3.63, 3.8) is 0 Å². The highest BCUT2D eigenvalue weighted by atomic mass is 79.9. The highest BCUT2D eigenvalue weighted by molar-refractivity contribution is 9.10. The number of rotatable bonds is 6. The molecule has 0 nitrogen and oxygen atoms in total. The summed E-state index contributed by atoms with van der Waals surface area (Å²) >= 11 is 9.61. The third-order valence-corrected chi connectivity index (χ3v) is 6.00. The van der Waals surface area contributed by atoms with Crippen LogP contribution in [0.25, 0.3) is 0 Å². The normalized spacial score (nSPS) is 22.3. The number of alkyl halides is 2. The molecule has 1 heterocycles. The van der Waals surface area contributed by atoms with E-state index in [2.05, 4.69) is 51.8 Å². The van der Waals surface area contributed by atoms with Gasteiger partial charge in [0.25, 0.3) is 0 Å². The molecule has 1 aliphatic heterocycles. The summed E-state index contributed by atoms with van der Waals surface area (Å²) in [5.74, 6) is 2.11. The molecule has 1 rings (SSSR count). The Balaban J connectivity index is 2.27. The minimum Gasteiger partial charge on any atom is -0.129 e. The molecule has 3 atom stereocenters. The molecule has 0 spiro atoms. The van der Waals surface area contributed by atoms with Crippen molar-refractivity contribution in [1.82, 2.24) is 0 Å². The molecular formula is C12H20Br2S. The van der Waals surface area contributed by atoms with Crippen LogP contribution in [0.3, 0.4) is 0 Å². The van der Waals surface area contributed by atoms with E-state index >= 15 is 0 Å². The van der Waals surface area contributed by atoms with Crippen LogP contribution in [-0.2, 0) is 0 Å². The Morgan fingerprint density at radius 3 is 2.67 bits per heavy atom. The molecule has 0 N–H and O–H groups in total. The Kier molecular flexibility index (Phi) is 6.95. The van der Waals surface area contributed by atoms with Crippen LogP contribution in [-0.4, -0.2) is 15.4 Å². The van der Waals surface area contributed by atoms with Crippen LogP contribution >= 0.6 is 43.6 Å². The van der Waals surface area contributed by atoms with E-state index in [4.69, 9.17) is 0 Å². The maximum atomic E-state index is 3.80. The third kappa shape index (κ3) is 5.27. The van der Waals surface area contributed by atoms with Gasteiger partial charge in [0, 0.05) is 15.4 Å². The first-order valence-electron chi connectivity index (χ1n) is 5.74. The van der Waals surface area contributed by atoms with Crippen molar-refractivity contribution in [2.75, 3.05) is 5.75 Å². The molecule has 0 saturated heterocycles. The lowest BCUT2D eigenvalue weighted by Gasteiger charge is -2.18. The van der Waals surface area contributed by atoms with Crippen molar-refractivity contribution in [3.8, 4) is 0 Å². The van der Waals surface area contributed by atoms with Crippen LogP contribution < -0.4 is 0 Å². The van der Waals surface area contributed by atoms with E-state index in [1.807, 2.05) is 11.8 Å². The second kappa shape index (κ2) is 7.39. The molecule has 0 aromatic rings. The standard InChI is InChI=1S/C12H20Br2S/c1-3-9(2)7-10(13)8-11(14)12-5-4-6-15-12/h5,9-11H,3-4,6-8H2,1-2H3. The molecule has 0 bridgehead atoms. The summed E-state index contributed by atoms with van der Waals surface area (Å²) in [5.41, 5.74) is 0. The van der Waals surface area contributed by atoms with E-state index in [1.165, 1.54) is 31.4 Å². The summed E-state index contributed by atoms with van der Waals surface area (Å²) in [6.07, 6.45) is 7.42. The highest BCUT2D eigenvalue weighted by Crippen LogP contribution is 2.35. The Morgan fingerprint density at radius 2 is 2.13 bits per heavy atom.